The predicted molar refractivity (Wildman–Crippen MR) is 351 cm³/mol. The molecule has 13 aromatic carbocycles. The first-order valence-corrected chi connectivity index (χ1v) is 28.7. The number of hydrogen-bond acceptors (Lipinski definition) is 4. The lowest BCUT2D eigenvalue weighted by Gasteiger charge is -2.26. The Bertz CT molecular complexity index is 5490. The first-order chi connectivity index (χ1) is 41.7. The number of hydrogen-bond donors (Lipinski definition) is 0. The van der Waals surface area contributed by atoms with Crippen LogP contribution in [0.1, 0.15) is 0 Å². The van der Waals surface area contributed by atoms with E-state index >= 15 is 0 Å². The van der Waals surface area contributed by atoms with Crippen molar-refractivity contribution in [3.8, 4) is 22.3 Å². The molecule has 0 amide bonds. The van der Waals surface area contributed by atoms with Gasteiger partial charge in [0.05, 0.1) is 44.5 Å². The second kappa shape index (κ2) is 17.1. The topological polar surface area (TPSA) is 41.6 Å². The molecular formula is C78H46N4O2. The minimum atomic E-state index is 0.854. The van der Waals surface area contributed by atoms with Gasteiger partial charge in [0.2, 0.25) is 0 Å². The minimum absolute atomic E-state index is 0.854. The number of anilines is 6. The number of rotatable bonds is 8. The quantitative estimate of drug-likeness (QED) is 0.152. The second-order valence-electron chi connectivity index (χ2n) is 22.2. The van der Waals surface area contributed by atoms with Crippen LogP contribution in [0.4, 0.5) is 34.1 Å². The summed E-state index contributed by atoms with van der Waals surface area (Å²) < 4.78 is 18.4. The fourth-order valence-electron chi connectivity index (χ4n) is 14.6. The zero-order valence-electron chi connectivity index (χ0n) is 45.2. The van der Waals surface area contributed by atoms with Crippen molar-refractivity contribution in [3.05, 3.63) is 279 Å². The lowest BCUT2D eigenvalue weighted by Crippen LogP contribution is -2.10. The van der Waals surface area contributed by atoms with Crippen LogP contribution in [0.15, 0.2) is 288 Å². The molecule has 0 aliphatic rings. The van der Waals surface area contributed by atoms with Crippen LogP contribution in [-0.2, 0) is 0 Å². The summed E-state index contributed by atoms with van der Waals surface area (Å²) >= 11 is 0. The molecule has 6 aromatic heterocycles. The third kappa shape index (κ3) is 6.12. The SMILES string of the molecule is c1ccc(-c2c3c4ccc(N(c5ccccc5)c5ccc6c(c5)oc5ccccc56)c5c6ccccc6n(c3c(-c3ccccc3)c3c6ccc(N(c7ccccc7)c7ccc8c(c7)oc7ccccc78)c7c8ccccc8n(c23)c67)c45)cc1. The number of benzene rings is 13. The molecule has 6 nitrogen and oxygen atoms in total. The molecule has 0 spiro atoms. The molecule has 6 heteroatoms. The van der Waals surface area contributed by atoms with Gasteiger partial charge in [0.15, 0.2) is 0 Å². The van der Waals surface area contributed by atoms with Crippen LogP contribution in [0.25, 0.3) is 142 Å². The highest BCUT2D eigenvalue weighted by atomic mass is 16.3. The lowest BCUT2D eigenvalue weighted by molar-refractivity contribution is 0.668. The van der Waals surface area contributed by atoms with Gasteiger partial charge in [-0.2, -0.15) is 0 Å². The largest absolute Gasteiger partial charge is 0.456 e. The molecule has 0 saturated heterocycles. The third-order valence-electron chi connectivity index (χ3n) is 17.9. The van der Waals surface area contributed by atoms with E-state index in [9.17, 15) is 0 Å². The van der Waals surface area contributed by atoms with Gasteiger partial charge in [-0.25, -0.2) is 0 Å². The van der Waals surface area contributed by atoms with E-state index in [4.69, 9.17) is 8.83 Å². The zero-order valence-corrected chi connectivity index (χ0v) is 45.2. The van der Waals surface area contributed by atoms with E-state index in [2.05, 4.69) is 286 Å². The maximum absolute atomic E-state index is 6.61. The highest BCUT2D eigenvalue weighted by Gasteiger charge is 2.33. The molecule has 0 radical (unpaired) electrons. The summed E-state index contributed by atoms with van der Waals surface area (Å²) in [5.74, 6) is 0. The molecule has 6 heterocycles. The van der Waals surface area contributed by atoms with Gasteiger partial charge in [0.25, 0.3) is 0 Å². The van der Waals surface area contributed by atoms with Crippen molar-refractivity contribution in [3.63, 3.8) is 0 Å². The zero-order chi connectivity index (χ0) is 54.7. The van der Waals surface area contributed by atoms with Crippen LogP contribution in [0.2, 0.25) is 0 Å². The Labute approximate surface area is 480 Å². The smallest absolute Gasteiger partial charge is 0.137 e. The van der Waals surface area contributed by atoms with Crippen LogP contribution in [0, 0.1) is 0 Å². The van der Waals surface area contributed by atoms with Crippen molar-refractivity contribution in [1.82, 2.24) is 8.80 Å². The molecule has 84 heavy (non-hydrogen) atoms. The van der Waals surface area contributed by atoms with Crippen molar-refractivity contribution in [1.29, 1.82) is 0 Å². The van der Waals surface area contributed by atoms with Crippen LogP contribution in [-0.4, -0.2) is 8.80 Å². The Morgan fingerprint density at radius 3 is 1.01 bits per heavy atom. The molecule has 0 unspecified atom stereocenters. The van der Waals surface area contributed by atoms with Gasteiger partial charge in [0.1, 0.15) is 22.3 Å². The molecule has 0 aliphatic carbocycles. The van der Waals surface area contributed by atoms with Gasteiger partial charge in [-0.3, -0.25) is 0 Å². The number of para-hydroxylation sites is 6. The van der Waals surface area contributed by atoms with Crippen LogP contribution >= 0.6 is 0 Å². The molecule has 19 rings (SSSR count). The number of fused-ring (bicyclic) bond motifs is 18. The normalized spacial score (nSPS) is 12.3. The molecule has 0 fully saturated rings. The third-order valence-corrected chi connectivity index (χ3v) is 17.9. The van der Waals surface area contributed by atoms with Gasteiger partial charge in [-0.05, 0) is 96.1 Å². The van der Waals surface area contributed by atoms with Crippen molar-refractivity contribution < 1.29 is 8.83 Å². The van der Waals surface area contributed by atoms with E-state index in [1.165, 1.54) is 76.3 Å². The number of aromatic nitrogens is 2. The molecule has 0 bridgehead atoms. The molecule has 390 valence electrons. The average Bonchev–Trinajstić information content (AvgIpc) is 1.57. The molecule has 0 aliphatic heterocycles. The summed E-state index contributed by atoms with van der Waals surface area (Å²) in [5, 5.41) is 14.0. The summed E-state index contributed by atoms with van der Waals surface area (Å²) in [6.07, 6.45) is 0. The second-order valence-corrected chi connectivity index (χ2v) is 22.2. The van der Waals surface area contributed by atoms with Crippen molar-refractivity contribution >= 4 is 154 Å². The van der Waals surface area contributed by atoms with E-state index in [1.54, 1.807) is 0 Å². The van der Waals surface area contributed by atoms with Crippen molar-refractivity contribution in [2.45, 2.75) is 0 Å². The van der Waals surface area contributed by atoms with E-state index in [0.717, 1.165) is 100 Å². The Kier molecular flexibility index (Phi) is 9.24. The Hall–Kier alpha value is -11.3. The summed E-state index contributed by atoms with van der Waals surface area (Å²) in [5.41, 5.74) is 21.6. The molecular weight excluding hydrogens is 1020 g/mol. The summed E-state index contributed by atoms with van der Waals surface area (Å²) in [7, 11) is 0. The van der Waals surface area contributed by atoms with Gasteiger partial charge in [-0.15, -0.1) is 0 Å². The number of nitrogens with zero attached hydrogens (tertiary/aromatic N) is 4. The maximum atomic E-state index is 6.61. The van der Waals surface area contributed by atoms with Gasteiger partial charge in [-0.1, -0.05) is 182 Å². The minimum Gasteiger partial charge on any atom is -0.456 e. The Morgan fingerprint density at radius 1 is 0.238 bits per heavy atom. The first-order valence-electron chi connectivity index (χ1n) is 28.7. The molecule has 0 saturated carbocycles. The molecule has 0 N–H and O–H groups in total. The summed E-state index contributed by atoms with van der Waals surface area (Å²) in [6, 6.07) is 101. The van der Waals surface area contributed by atoms with Crippen LogP contribution < -0.4 is 9.80 Å². The van der Waals surface area contributed by atoms with Crippen molar-refractivity contribution in [2.75, 3.05) is 9.80 Å². The predicted octanol–water partition coefficient (Wildman–Crippen LogP) is 22.1. The molecule has 19 aromatic rings. The maximum Gasteiger partial charge on any atom is 0.137 e. The Balaban J connectivity index is 0.971. The van der Waals surface area contributed by atoms with Gasteiger partial charge < -0.3 is 27.4 Å². The lowest BCUT2D eigenvalue weighted by atomic mass is 9.89. The van der Waals surface area contributed by atoms with Gasteiger partial charge >= 0.3 is 0 Å². The van der Waals surface area contributed by atoms with E-state index < -0.39 is 0 Å². The van der Waals surface area contributed by atoms with E-state index in [0.29, 0.717) is 0 Å². The average molecular weight is 1070 g/mol. The highest BCUT2D eigenvalue weighted by Crippen LogP contribution is 2.57. The fourth-order valence-corrected chi connectivity index (χ4v) is 14.6. The van der Waals surface area contributed by atoms with Crippen LogP contribution in [0.5, 0.6) is 0 Å². The highest BCUT2D eigenvalue weighted by molar-refractivity contribution is 6.39. The molecule has 0 atom stereocenters. The summed E-state index contributed by atoms with van der Waals surface area (Å²) in [4.78, 5) is 4.84. The summed E-state index contributed by atoms with van der Waals surface area (Å²) in [6.45, 7) is 0. The standard InChI is InChI=1S/C78H46N4O2/c1-5-21-47(22-6-1)69-73-59-41-43-63(79(49-25-9-3-10-26-49)51-37-39-55-53-29-15-19-35-65(53)83-67(55)45-51)71-58-32-14-18-34-62(58)82(75(59)71)78(73)70(48-23-7-2-8-24-48)74-60-42-44-64(72-57-31-13-17-33-61(57)81(76(60)72)77(69)74)80(50-27-11-4-12-28-50)52-38-40-56-54-30-16-20-36-66(54)84-68(56)46-52/h1-46H. The first kappa shape index (κ1) is 45.4. The van der Waals surface area contributed by atoms with E-state index in [-0.39, 0.29) is 0 Å². The van der Waals surface area contributed by atoms with Gasteiger partial charge in [0, 0.05) is 111 Å². The Morgan fingerprint density at radius 2 is 0.583 bits per heavy atom. The van der Waals surface area contributed by atoms with Crippen molar-refractivity contribution in [2.24, 2.45) is 0 Å². The van der Waals surface area contributed by atoms with Crippen LogP contribution in [0.3, 0.4) is 0 Å². The van der Waals surface area contributed by atoms with E-state index in [1.807, 2.05) is 12.1 Å². The number of furan rings is 2. The monoisotopic (exact) mass is 1070 g/mol. The fraction of sp³-hybridized carbons (Fsp3) is 0.